The van der Waals surface area contributed by atoms with Crippen molar-refractivity contribution in [3.05, 3.63) is 176 Å². The van der Waals surface area contributed by atoms with Gasteiger partial charge in [0.15, 0.2) is 0 Å². The summed E-state index contributed by atoms with van der Waals surface area (Å²) in [7, 11) is 0. The average Bonchev–Trinajstić information content (AvgIpc) is 3.51. The SMILES string of the molecule is c1ccc(-c2ccc(N(c3cccc(-c4cccc5ccccc45)c3)c3ccc4c(ccc5oc6ccccc6c54)c3)cc2)cc1. The molecule has 0 radical (unpaired) electrons. The third kappa shape index (κ3) is 4.43. The first-order valence-corrected chi connectivity index (χ1v) is 15.7. The number of hydrogen-bond acceptors (Lipinski definition) is 2. The molecule has 0 aliphatic rings. The molecule has 0 aliphatic carbocycles. The topological polar surface area (TPSA) is 16.4 Å². The lowest BCUT2D eigenvalue weighted by atomic mass is 9.97. The molecule has 216 valence electrons. The van der Waals surface area contributed by atoms with E-state index in [-0.39, 0.29) is 0 Å². The summed E-state index contributed by atoms with van der Waals surface area (Å²) < 4.78 is 6.20. The minimum Gasteiger partial charge on any atom is -0.456 e. The van der Waals surface area contributed by atoms with Gasteiger partial charge < -0.3 is 9.32 Å². The molecule has 0 amide bonds. The first kappa shape index (κ1) is 26.3. The molecule has 0 saturated carbocycles. The van der Waals surface area contributed by atoms with Gasteiger partial charge in [0.25, 0.3) is 0 Å². The molecule has 0 saturated heterocycles. The van der Waals surface area contributed by atoms with Gasteiger partial charge in [0.1, 0.15) is 11.2 Å². The van der Waals surface area contributed by atoms with Crippen LogP contribution in [-0.2, 0) is 0 Å². The van der Waals surface area contributed by atoms with Crippen molar-refractivity contribution in [2.45, 2.75) is 0 Å². The molecule has 0 fully saturated rings. The fourth-order valence-electron chi connectivity index (χ4n) is 6.85. The summed E-state index contributed by atoms with van der Waals surface area (Å²) in [6.45, 7) is 0. The maximum atomic E-state index is 6.20. The Morgan fingerprint density at radius 2 is 1.02 bits per heavy atom. The normalized spacial score (nSPS) is 11.5. The molecule has 0 atom stereocenters. The Morgan fingerprint density at radius 3 is 1.91 bits per heavy atom. The van der Waals surface area contributed by atoms with E-state index in [1.54, 1.807) is 0 Å². The quantitative estimate of drug-likeness (QED) is 0.199. The van der Waals surface area contributed by atoms with Gasteiger partial charge >= 0.3 is 0 Å². The summed E-state index contributed by atoms with van der Waals surface area (Å²) in [5.74, 6) is 0. The number of hydrogen-bond donors (Lipinski definition) is 0. The predicted molar refractivity (Wildman–Crippen MR) is 194 cm³/mol. The fraction of sp³-hybridized carbons (Fsp3) is 0. The van der Waals surface area contributed by atoms with Gasteiger partial charge in [-0.25, -0.2) is 0 Å². The lowest BCUT2D eigenvalue weighted by molar-refractivity contribution is 0.669. The fourth-order valence-corrected chi connectivity index (χ4v) is 6.85. The summed E-state index contributed by atoms with van der Waals surface area (Å²) >= 11 is 0. The molecule has 1 aromatic heterocycles. The van der Waals surface area contributed by atoms with Gasteiger partial charge in [0.2, 0.25) is 0 Å². The molecule has 8 aromatic carbocycles. The maximum Gasteiger partial charge on any atom is 0.136 e. The van der Waals surface area contributed by atoms with Crippen molar-refractivity contribution in [3.63, 3.8) is 0 Å². The summed E-state index contributed by atoms with van der Waals surface area (Å²) in [5, 5.41) is 7.17. The van der Waals surface area contributed by atoms with Crippen molar-refractivity contribution in [1.29, 1.82) is 0 Å². The Bertz CT molecular complexity index is 2520. The monoisotopic (exact) mass is 587 g/mol. The van der Waals surface area contributed by atoms with Crippen LogP contribution in [0, 0.1) is 0 Å². The largest absolute Gasteiger partial charge is 0.456 e. The van der Waals surface area contributed by atoms with Crippen molar-refractivity contribution in [2.24, 2.45) is 0 Å². The zero-order chi connectivity index (χ0) is 30.5. The van der Waals surface area contributed by atoms with Gasteiger partial charge in [-0.15, -0.1) is 0 Å². The highest BCUT2D eigenvalue weighted by Gasteiger charge is 2.17. The van der Waals surface area contributed by atoms with Crippen LogP contribution in [0.5, 0.6) is 0 Å². The van der Waals surface area contributed by atoms with E-state index in [1.807, 2.05) is 12.1 Å². The van der Waals surface area contributed by atoms with E-state index in [0.717, 1.165) is 39.0 Å². The third-order valence-electron chi connectivity index (χ3n) is 9.04. The minimum absolute atomic E-state index is 0.914. The van der Waals surface area contributed by atoms with E-state index in [1.165, 1.54) is 43.8 Å². The molecule has 2 nitrogen and oxygen atoms in total. The number of benzene rings is 8. The van der Waals surface area contributed by atoms with Crippen molar-refractivity contribution >= 4 is 60.5 Å². The molecule has 0 N–H and O–H groups in total. The van der Waals surface area contributed by atoms with Gasteiger partial charge in [-0.05, 0) is 92.3 Å². The second-order valence-corrected chi connectivity index (χ2v) is 11.8. The Morgan fingerprint density at radius 1 is 0.348 bits per heavy atom. The second-order valence-electron chi connectivity index (χ2n) is 11.8. The number of nitrogens with zero attached hydrogens (tertiary/aromatic N) is 1. The Balaban J connectivity index is 1.22. The highest BCUT2D eigenvalue weighted by molar-refractivity contribution is 6.19. The molecule has 9 aromatic rings. The Hall–Kier alpha value is -6.12. The first-order chi connectivity index (χ1) is 22.8. The summed E-state index contributed by atoms with van der Waals surface area (Å²) in [6, 6.07) is 62.8. The van der Waals surface area contributed by atoms with Crippen molar-refractivity contribution < 1.29 is 4.42 Å². The second kappa shape index (κ2) is 10.8. The lowest BCUT2D eigenvalue weighted by Gasteiger charge is -2.27. The van der Waals surface area contributed by atoms with E-state index in [4.69, 9.17) is 4.42 Å². The molecule has 0 unspecified atom stereocenters. The maximum absolute atomic E-state index is 6.20. The number of fused-ring (bicyclic) bond motifs is 6. The van der Waals surface area contributed by atoms with Crippen LogP contribution in [0.2, 0.25) is 0 Å². The van der Waals surface area contributed by atoms with Crippen LogP contribution in [0.1, 0.15) is 0 Å². The third-order valence-corrected chi connectivity index (χ3v) is 9.04. The number of rotatable bonds is 5. The van der Waals surface area contributed by atoms with Gasteiger partial charge in [0, 0.05) is 27.8 Å². The Labute approximate surface area is 267 Å². The van der Waals surface area contributed by atoms with Crippen LogP contribution in [0.4, 0.5) is 17.1 Å². The summed E-state index contributed by atoms with van der Waals surface area (Å²) in [4.78, 5) is 2.36. The van der Waals surface area contributed by atoms with E-state index in [9.17, 15) is 0 Å². The highest BCUT2D eigenvalue weighted by Crippen LogP contribution is 2.41. The average molecular weight is 588 g/mol. The van der Waals surface area contributed by atoms with Crippen LogP contribution in [0.15, 0.2) is 180 Å². The van der Waals surface area contributed by atoms with Crippen LogP contribution in [0.25, 0.3) is 65.7 Å². The molecule has 2 heteroatoms. The smallest absolute Gasteiger partial charge is 0.136 e. The van der Waals surface area contributed by atoms with Gasteiger partial charge in [0.05, 0.1) is 0 Å². The Kier molecular flexibility index (Phi) is 6.17. The number of anilines is 3. The molecule has 1 heterocycles. The van der Waals surface area contributed by atoms with Crippen molar-refractivity contribution in [2.75, 3.05) is 4.90 Å². The highest BCUT2D eigenvalue weighted by atomic mass is 16.3. The van der Waals surface area contributed by atoms with E-state index >= 15 is 0 Å². The lowest BCUT2D eigenvalue weighted by Crippen LogP contribution is -2.10. The minimum atomic E-state index is 0.914. The number of furan rings is 1. The van der Waals surface area contributed by atoms with Crippen LogP contribution < -0.4 is 4.90 Å². The molecule has 46 heavy (non-hydrogen) atoms. The summed E-state index contributed by atoms with van der Waals surface area (Å²) in [6.07, 6.45) is 0. The van der Waals surface area contributed by atoms with Crippen molar-refractivity contribution in [1.82, 2.24) is 0 Å². The molecular formula is C44H29NO. The van der Waals surface area contributed by atoms with Crippen molar-refractivity contribution in [3.8, 4) is 22.3 Å². The molecule has 9 rings (SSSR count). The van der Waals surface area contributed by atoms with E-state index in [0.29, 0.717) is 0 Å². The molecule has 0 aliphatic heterocycles. The standard InChI is InChI=1S/C44H29NO/c1-2-10-30(11-3-1)31-20-23-35(24-21-31)45(36-15-8-14-33(28-36)39-18-9-13-32-12-4-5-16-38(32)39)37-25-26-40-34(29-37)22-27-43-44(40)41-17-6-7-19-42(41)46-43/h1-29H. The van der Waals surface area contributed by atoms with Gasteiger partial charge in [-0.3, -0.25) is 0 Å². The molecule has 0 spiro atoms. The van der Waals surface area contributed by atoms with E-state index < -0.39 is 0 Å². The number of para-hydroxylation sites is 1. The van der Waals surface area contributed by atoms with Crippen LogP contribution in [0.3, 0.4) is 0 Å². The van der Waals surface area contributed by atoms with Crippen LogP contribution in [-0.4, -0.2) is 0 Å². The first-order valence-electron chi connectivity index (χ1n) is 15.7. The zero-order valence-electron chi connectivity index (χ0n) is 25.1. The predicted octanol–water partition coefficient (Wildman–Crippen LogP) is 12.7. The van der Waals surface area contributed by atoms with Crippen LogP contribution >= 0.6 is 0 Å². The summed E-state index contributed by atoms with van der Waals surface area (Å²) in [5.41, 5.74) is 9.96. The zero-order valence-corrected chi connectivity index (χ0v) is 25.1. The van der Waals surface area contributed by atoms with Gasteiger partial charge in [-0.1, -0.05) is 127 Å². The van der Waals surface area contributed by atoms with E-state index in [2.05, 4.69) is 169 Å². The molecule has 0 bridgehead atoms. The molecular weight excluding hydrogens is 558 g/mol. The van der Waals surface area contributed by atoms with Gasteiger partial charge in [-0.2, -0.15) is 0 Å².